The molecule has 19 heavy (non-hydrogen) atoms. The lowest BCUT2D eigenvalue weighted by atomic mass is 10.0. The van der Waals surface area contributed by atoms with Crippen LogP contribution >= 0.6 is 0 Å². The largest absolute Gasteiger partial charge is 0.395 e. The zero-order valence-electron chi connectivity index (χ0n) is 11.4. The Morgan fingerprint density at radius 1 is 1.26 bits per heavy atom. The van der Waals surface area contributed by atoms with E-state index in [2.05, 4.69) is 4.90 Å². The molecule has 1 aromatic rings. The Labute approximate surface area is 114 Å². The highest BCUT2D eigenvalue weighted by molar-refractivity contribution is 5.19. The summed E-state index contributed by atoms with van der Waals surface area (Å²) in [6.07, 6.45) is 0.759. The van der Waals surface area contributed by atoms with Gasteiger partial charge in [0.05, 0.1) is 13.2 Å². The number of ether oxygens (including phenoxy) is 1. The van der Waals surface area contributed by atoms with E-state index in [0.29, 0.717) is 13.2 Å². The Balaban J connectivity index is 2.41. The Bertz CT molecular complexity index is 346. The van der Waals surface area contributed by atoms with Crippen LogP contribution in [0.2, 0.25) is 0 Å². The maximum absolute atomic E-state index is 12.8. The molecule has 0 spiro atoms. The normalized spacial score (nSPS) is 12.9. The maximum Gasteiger partial charge on any atom is 0.123 e. The molecule has 0 amide bonds. The molecule has 0 aromatic heterocycles. The summed E-state index contributed by atoms with van der Waals surface area (Å²) in [6, 6.07) is 6.15. The highest BCUT2D eigenvalue weighted by Gasteiger charge is 2.10. The Hall–Kier alpha value is -1.01. The number of nitrogens with two attached hydrogens (primary N) is 1. The average molecular weight is 270 g/mol. The predicted octanol–water partition coefficient (Wildman–Crippen LogP) is 1.16. The minimum absolute atomic E-state index is 0.121. The van der Waals surface area contributed by atoms with Gasteiger partial charge in [-0.1, -0.05) is 12.1 Å². The summed E-state index contributed by atoms with van der Waals surface area (Å²) in [4.78, 5) is 2.10. The van der Waals surface area contributed by atoms with Crippen LogP contribution < -0.4 is 5.73 Å². The number of aliphatic hydroxyl groups excluding tert-OH is 1. The molecule has 3 N–H and O–H groups in total. The van der Waals surface area contributed by atoms with Gasteiger partial charge in [-0.3, -0.25) is 4.90 Å². The molecule has 1 rings (SSSR count). The maximum atomic E-state index is 12.8. The second-order valence-corrected chi connectivity index (χ2v) is 4.50. The monoisotopic (exact) mass is 270 g/mol. The molecule has 108 valence electrons. The van der Waals surface area contributed by atoms with Crippen LogP contribution in [-0.2, 0) is 4.74 Å². The summed E-state index contributed by atoms with van der Waals surface area (Å²) >= 11 is 0. The van der Waals surface area contributed by atoms with E-state index in [-0.39, 0.29) is 18.5 Å². The molecule has 0 aliphatic rings. The number of rotatable bonds is 9. The third-order valence-corrected chi connectivity index (χ3v) is 3.08. The summed E-state index contributed by atoms with van der Waals surface area (Å²) in [6.45, 7) is 2.91. The van der Waals surface area contributed by atoms with E-state index >= 15 is 0 Å². The third-order valence-electron chi connectivity index (χ3n) is 3.08. The average Bonchev–Trinajstić information content (AvgIpc) is 2.42. The highest BCUT2D eigenvalue weighted by Crippen LogP contribution is 2.14. The van der Waals surface area contributed by atoms with Crippen LogP contribution in [0.15, 0.2) is 24.3 Å². The lowest BCUT2D eigenvalue weighted by Crippen LogP contribution is -2.32. The van der Waals surface area contributed by atoms with Gasteiger partial charge in [0.15, 0.2) is 0 Å². The van der Waals surface area contributed by atoms with E-state index in [9.17, 15) is 4.39 Å². The summed E-state index contributed by atoms with van der Waals surface area (Å²) in [5.74, 6) is -0.252. The van der Waals surface area contributed by atoms with Crippen molar-refractivity contribution in [2.45, 2.75) is 12.5 Å². The minimum atomic E-state index is -0.252. The van der Waals surface area contributed by atoms with Crippen molar-refractivity contribution in [2.24, 2.45) is 5.73 Å². The number of halogens is 1. The molecule has 0 aliphatic carbocycles. The number of aliphatic hydroxyl groups is 1. The molecule has 0 heterocycles. The van der Waals surface area contributed by atoms with Gasteiger partial charge in [0.2, 0.25) is 0 Å². The van der Waals surface area contributed by atoms with Gasteiger partial charge >= 0.3 is 0 Å². The second-order valence-electron chi connectivity index (χ2n) is 4.50. The number of hydrogen-bond donors (Lipinski definition) is 2. The summed E-state index contributed by atoms with van der Waals surface area (Å²) in [7, 11) is 1.65. The van der Waals surface area contributed by atoms with Crippen molar-refractivity contribution in [3.8, 4) is 0 Å². The number of benzene rings is 1. The van der Waals surface area contributed by atoms with Crippen molar-refractivity contribution in [3.05, 3.63) is 35.6 Å². The van der Waals surface area contributed by atoms with Gasteiger partial charge in [-0.25, -0.2) is 4.39 Å². The first-order valence-electron chi connectivity index (χ1n) is 6.50. The fraction of sp³-hybridized carbons (Fsp3) is 0.571. The van der Waals surface area contributed by atoms with E-state index in [1.807, 2.05) is 0 Å². The Morgan fingerprint density at radius 2 is 1.95 bits per heavy atom. The van der Waals surface area contributed by atoms with Gasteiger partial charge in [0.25, 0.3) is 0 Å². The van der Waals surface area contributed by atoms with E-state index in [1.54, 1.807) is 19.2 Å². The smallest absolute Gasteiger partial charge is 0.123 e. The van der Waals surface area contributed by atoms with Crippen LogP contribution in [0.5, 0.6) is 0 Å². The van der Waals surface area contributed by atoms with Crippen molar-refractivity contribution >= 4 is 0 Å². The minimum Gasteiger partial charge on any atom is -0.395 e. The highest BCUT2D eigenvalue weighted by atomic mass is 19.1. The second kappa shape index (κ2) is 8.98. The van der Waals surface area contributed by atoms with Crippen LogP contribution in [-0.4, -0.2) is 50.0 Å². The lowest BCUT2D eigenvalue weighted by Gasteiger charge is -2.22. The third kappa shape index (κ3) is 6.11. The fourth-order valence-electron chi connectivity index (χ4n) is 1.90. The van der Waals surface area contributed by atoms with Crippen molar-refractivity contribution < 1.29 is 14.2 Å². The van der Waals surface area contributed by atoms with Crippen molar-refractivity contribution in [1.29, 1.82) is 0 Å². The molecule has 5 heteroatoms. The first-order chi connectivity index (χ1) is 9.17. The van der Waals surface area contributed by atoms with Gasteiger partial charge in [-0.15, -0.1) is 0 Å². The molecular formula is C14H23FN2O2. The molecule has 0 saturated heterocycles. The van der Waals surface area contributed by atoms with Crippen LogP contribution in [0.25, 0.3) is 0 Å². The quantitative estimate of drug-likeness (QED) is 0.707. The topological polar surface area (TPSA) is 58.7 Å². The summed E-state index contributed by atoms with van der Waals surface area (Å²) in [5.41, 5.74) is 7.00. The molecule has 0 fully saturated rings. The van der Waals surface area contributed by atoms with E-state index < -0.39 is 0 Å². The van der Waals surface area contributed by atoms with Gasteiger partial charge in [-0.2, -0.15) is 0 Å². The predicted molar refractivity (Wildman–Crippen MR) is 73.3 cm³/mol. The molecule has 4 nitrogen and oxygen atoms in total. The Kier molecular flexibility index (Phi) is 7.59. The van der Waals surface area contributed by atoms with E-state index in [1.165, 1.54) is 12.1 Å². The zero-order valence-corrected chi connectivity index (χ0v) is 11.4. The van der Waals surface area contributed by atoms with Crippen LogP contribution in [0.4, 0.5) is 4.39 Å². The van der Waals surface area contributed by atoms with Gasteiger partial charge in [-0.05, 0) is 24.1 Å². The molecule has 1 atom stereocenters. The van der Waals surface area contributed by atoms with Crippen LogP contribution in [0, 0.1) is 5.82 Å². The standard InChI is InChI=1S/C14H23FN2O2/c1-19-11-9-17(8-10-18)7-6-14(16)12-2-4-13(15)5-3-12/h2-5,14,18H,6-11,16H2,1H3. The molecular weight excluding hydrogens is 247 g/mol. The Morgan fingerprint density at radius 3 is 2.53 bits per heavy atom. The van der Waals surface area contributed by atoms with Crippen LogP contribution in [0.1, 0.15) is 18.0 Å². The van der Waals surface area contributed by atoms with Crippen molar-refractivity contribution in [1.82, 2.24) is 4.90 Å². The van der Waals surface area contributed by atoms with Crippen LogP contribution in [0.3, 0.4) is 0 Å². The number of hydrogen-bond acceptors (Lipinski definition) is 4. The SMILES string of the molecule is COCCN(CCO)CCC(N)c1ccc(F)cc1. The first kappa shape index (κ1) is 16.0. The molecule has 1 unspecified atom stereocenters. The number of methoxy groups -OCH3 is 1. The summed E-state index contributed by atoms with van der Waals surface area (Å²) in [5, 5.41) is 8.99. The van der Waals surface area contributed by atoms with E-state index in [4.69, 9.17) is 15.6 Å². The fourth-order valence-corrected chi connectivity index (χ4v) is 1.90. The molecule has 0 aliphatic heterocycles. The number of nitrogens with zero attached hydrogens (tertiary/aromatic N) is 1. The first-order valence-corrected chi connectivity index (χ1v) is 6.50. The van der Waals surface area contributed by atoms with Gasteiger partial charge in [0, 0.05) is 32.8 Å². The van der Waals surface area contributed by atoms with Gasteiger partial charge in [0.1, 0.15) is 5.82 Å². The van der Waals surface area contributed by atoms with Crippen molar-refractivity contribution in [2.75, 3.05) is 40.0 Å². The summed E-state index contributed by atoms with van der Waals surface area (Å²) < 4.78 is 17.8. The zero-order chi connectivity index (χ0) is 14.1. The molecule has 0 saturated carbocycles. The lowest BCUT2D eigenvalue weighted by molar-refractivity contribution is 0.128. The molecule has 0 radical (unpaired) electrons. The molecule has 1 aromatic carbocycles. The molecule has 0 bridgehead atoms. The van der Waals surface area contributed by atoms with E-state index in [0.717, 1.165) is 25.1 Å². The van der Waals surface area contributed by atoms with Crippen molar-refractivity contribution in [3.63, 3.8) is 0 Å². The van der Waals surface area contributed by atoms with Gasteiger partial charge < -0.3 is 15.6 Å².